The first-order chi connectivity index (χ1) is 10.1. The van der Waals surface area contributed by atoms with Gasteiger partial charge in [0.15, 0.2) is 0 Å². The quantitative estimate of drug-likeness (QED) is 0.651. The molecule has 21 heavy (non-hydrogen) atoms. The number of benzene rings is 2. The Morgan fingerprint density at radius 3 is 2.29 bits per heavy atom. The number of aliphatic imine (C=N–C) groups is 1. The third-order valence-corrected chi connectivity index (χ3v) is 3.43. The van der Waals surface area contributed by atoms with Crippen LogP contribution >= 0.6 is 0 Å². The van der Waals surface area contributed by atoms with Gasteiger partial charge in [0.05, 0.1) is 12.7 Å². The van der Waals surface area contributed by atoms with E-state index in [0.717, 1.165) is 11.3 Å². The third-order valence-electron chi connectivity index (χ3n) is 3.43. The molecule has 0 saturated carbocycles. The average Bonchev–Trinajstić information content (AvgIpc) is 2.45. The van der Waals surface area contributed by atoms with Gasteiger partial charge in [-0.3, -0.25) is 4.99 Å². The molecule has 0 heterocycles. The van der Waals surface area contributed by atoms with Gasteiger partial charge in [-0.2, -0.15) is 0 Å². The highest BCUT2D eigenvalue weighted by Crippen LogP contribution is 2.19. The van der Waals surface area contributed by atoms with Crippen molar-refractivity contribution in [2.24, 2.45) is 10.7 Å². The van der Waals surface area contributed by atoms with E-state index in [1.54, 1.807) is 0 Å². The van der Waals surface area contributed by atoms with E-state index in [-0.39, 0.29) is 6.17 Å². The number of rotatable bonds is 5. The Hall–Kier alpha value is -2.13. The van der Waals surface area contributed by atoms with Crippen LogP contribution in [0.2, 0.25) is 0 Å². The predicted octanol–water partition coefficient (Wildman–Crippen LogP) is 3.43. The lowest BCUT2D eigenvalue weighted by Gasteiger charge is -2.17. The van der Waals surface area contributed by atoms with Crippen molar-refractivity contribution in [1.29, 1.82) is 0 Å². The van der Waals surface area contributed by atoms with Crippen LogP contribution in [-0.2, 0) is 0 Å². The van der Waals surface area contributed by atoms with Crippen molar-refractivity contribution in [2.75, 3.05) is 11.9 Å². The highest BCUT2D eigenvalue weighted by molar-refractivity contribution is 5.79. The smallest absolute Gasteiger partial charge is 0.0943 e. The van der Waals surface area contributed by atoms with Crippen LogP contribution in [0.5, 0.6) is 0 Å². The van der Waals surface area contributed by atoms with Crippen LogP contribution in [0.1, 0.15) is 22.3 Å². The lowest BCUT2D eigenvalue weighted by Crippen LogP contribution is -2.33. The maximum Gasteiger partial charge on any atom is 0.0943 e. The maximum absolute atomic E-state index is 6.11. The van der Waals surface area contributed by atoms with Crippen molar-refractivity contribution in [2.45, 2.75) is 26.9 Å². The Morgan fingerprint density at radius 2 is 1.67 bits per heavy atom. The van der Waals surface area contributed by atoms with E-state index in [0.29, 0.717) is 6.54 Å². The molecule has 0 amide bonds. The van der Waals surface area contributed by atoms with Crippen molar-refractivity contribution in [3.8, 4) is 0 Å². The number of hydrogen-bond donors (Lipinski definition) is 2. The topological polar surface area (TPSA) is 50.4 Å². The first kappa shape index (κ1) is 15.3. The van der Waals surface area contributed by atoms with Crippen LogP contribution in [0.15, 0.2) is 47.5 Å². The summed E-state index contributed by atoms with van der Waals surface area (Å²) in [6.07, 6.45) is 1.68. The molecule has 0 radical (unpaired) electrons. The molecule has 0 aromatic heterocycles. The molecule has 0 aliphatic carbocycles. The van der Waals surface area contributed by atoms with Gasteiger partial charge in [0.1, 0.15) is 0 Å². The van der Waals surface area contributed by atoms with Gasteiger partial charge in [-0.15, -0.1) is 0 Å². The third kappa shape index (κ3) is 4.43. The number of hydrogen-bond acceptors (Lipinski definition) is 3. The highest BCUT2D eigenvalue weighted by Gasteiger charge is 2.05. The Kier molecular flexibility index (Phi) is 5.12. The second-order valence-electron chi connectivity index (χ2n) is 5.42. The van der Waals surface area contributed by atoms with Crippen LogP contribution in [0.25, 0.3) is 0 Å². The first-order valence-electron chi connectivity index (χ1n) is 7.21. The summed E-state index contributed by atoms with van der Waals surface area (Å²) in [5.41, 5.74) is 12.0. The standard InChI is InChI=1S/C18H23N3/c1-13-7-9-16(10-8-13)11-20-12-17(19)21-18-14(2)5-4-6-15(18)3/h4-11,17,21H,12,19H2,1-3H3. The normalized spacial score (nSPS) is 12.6. The summed E-state index contributed by atoms with van der Waals surface area (Å²) >= 11 is 0. The van der Waals surface area contributed by atoms with Gasteiger partial charge in [0, 0.05) is 11.9 Å². The van der Waals surface area contributed by atoms with Crippen LogP contribution in [0, 0.1) is 20.8 Å². The zero-order chi connectivity index (χ0) is 15.2. The molecule has 0 spiro atoms. The summed E-state index contributed by atoms with van der Waals surface area (Å²) in [5.74, 6) is 0. The SMILES string of the molecule is Cc1ccc(C=NCC(N)Nc2c(C)cccc2C)cc1. The molecule has 0 saturated heterocycles. The molecule has 2 rings (SSSR count). The van der Waals surface area contributed by atoms with E-state index < -0.39 is 0 Å². The van der Waals surface area contributed by atoms with Crippen LogP contribution in [0.3, 0.4) is 0 Å². The second kappa shape index (κ2) is 7.04. The van der Waals surface area contributed by atoms with Gasteiger partial charge >= 0.3 is 0 Å². The minimum Gasteiger partial charge on any atom is -0.368 e. The molecule has 110 valence electrons. The number of nitrogens with zero attached hydrogens (tertiary/aromatic N) is 1. The Labute approximate surface area is 126 Å². The monoisotopic (exact) mass is 281 g/mol. The molecule has 2 aromatic rings. The molecule has 1 unspecified atom stereocenters. The van der Waals surface area contributed by atoms with Crippen molar-refractivity contribution in [3.63, 3.8) is 0 Å². The van der Waals surface area contributed by atoms with Crippen LogP contribution in [-0.4, -0.2) is 18.9 Å². The second-order valence-corrected chi connectivity index (χ2v) is 5.42. The molecule has 0 fully saturated rings. The number of para-hydroxylation sites is 1. The summed E-state index contributed by atoms with van der Waals surface area (Å²) in [5, 5.41) is 3.34. The zero-order valence-corrected chi connectivity index (χ0v) is 12.9. The van der Waals surface area contributed by atoms with Crippen molar-refractivity contribution < 1.29 is 0 Å². The summed E-state index contributed by atoms with van der Waals surface area (Å²) in [6, 6.07) is 14.5. The number of aryl methyl sites for hydroxylation is 3. The Morgan fingerprint density at radius 1 is 1.05 bits per heavy atom. The molecular weight excluding hydrogens is 258 g/mol. The van der Waals surface area contributed by atoms with Gasteiger partial charge in [0.2, 0.25) is 0 Å². The number of nitrogens with two attached hydrogens (primary N) is 1. The lowest BCUT2D eigenvalue weighted by molar-refractivity contribution is 0.769. The largest absolute Gasteiger partial charge is 0.368 e. The zero-order valence-electron chi connectivity index (χ0n) is 12.9. The fraction of sp³-hybridized carbons (Fsp3) is 0.278. The predicted molar refractivity (Wildman–Crippen MR) is 91.2 cm³/mol. The van der Waals surface area contributed by atoms with E-state index >= 15 is 0 Å². The molecule has 3 N–H and O–H groups in total. The maximum atomic E-state index is 6.11. The highest BCUT2D eigenvalue weighted by atomic mass is 15.1. The van der Waals surface area contributed by atoms with Crippen LogP contribution < -0.4 is 11.1 Å². The molecule has 0 bridgehead atoms. The lowest BCUT2D eigenvalue weighted by atomic mass is 10.1. The minimum absolute atomic E-state index is 0.188. The molecule has 0 aliphatic rings. The minimum atomic E-state index is -0.188. The van der Waals surface area contributed by atoms with E-state index in [1.807, 2.05) is 6.21 Å². The molecule has 0 aliphatic heterocycles. The van der Waals surface area contributed by atoms with Crippen molar-refractivity contribution in [1.82, 2.24) is 0 Å². The van der Waals surface area contributed by atoms with E-state index in [4.69, 9.17) is 5.73 Å². The molecule has 2 aromatic carbocycles. The molecule has 3 heteroatoms. The van der Waals surface area contributed by atoms with E-state index in [2.05, 4.69) is 73.5 Å². The summed E-state index contributed by atoms with van der Waals surface area (Å²) in [6.45, 7) is 6.78. The fourth-order valence-electron chi connectivity index (χ4n) is 2.20. The Bertz CT molecular complexity index is 595. The van der Waals surface area contributed by atoms with Gasteiger partial charge in [0.25, 0.3) is 0 Å². The van der Waals surface area contributed by atoms with Gasteiger partial charge < -0.3 is 11.1 Å². The molecule has 3 nitrogen and oxygen atoms in total. The first-order valence-corrected chi connectivity index (χ1v) is 7.21. The van der Waals surface area contributed by atoms with Gasteiger partial charge in [-0.05, 0) is 37.5 Å². The van der Waals surface area contributed by atoms with E-state index in [1.165, 1.54) is 16.7 Å². The summed E-state index contributed by atoms with van der Waals surface area (Å²) in [7, 11) is 0. The summed E-state index contributed by atoms with van der Waals surface area (Å²) < 4.78 is 0. The van der Waals surface area contributed by atoms with Gasteiger partial charge in [-0.1, -0.05) is 48.0 Å². The summed E-state index contributed by atoms with van der Waals surface area (Å²) in [4.78, 5) is 4.41. The van der Waals surface area contributed by atoms with Crippen molar-refractivity contribution in [3.05, 3.63) is 64.7 Å². The number of nitrogens with one attached hydrogen (secondary N) is 1. The number of anilines is 1. The van der Waals surface area contributed by atoms with Crippen LogP contribution in [0.4, 0.5) is 5.69 Å². The molecule has 1 atom stereocenters. The van der Waals surface area contributed by atoms with Crippen molar-refractivity contribution >= 4 is 11.9 Å². The van der Waals surface area contributed by atoms with Gasteiger partial charge in [-0.25, -0.2) is 0 Å². The van der Waals surface area contributed by atoms with E-state index in [9.17, 15) is 0 Å². The average molecular weight is 281 g/mol. The molecular formula is C18H23N3. The fourth-order valence-corrected chi connectivity index (χ4v) is 2.20. The Balaban J connectivity index is 1.93.